The van der Waals surface area contributed by atoms with E-state index in [-0.39, 0.29) is 5.82 Å². The highest BCUT2D eigenvalue weighted by Gasteiger charge is 2.01. The van der Waals surface area contributed by atoms with Crippen molar-refractivity contribution < 1.29 is 4.39 Å². The Morgan fingerprint density at radius 1 is 1.22 bits per heavy atom. The average Bonchev–Trinajstić information content (AvgIpc) is 1.87. The highest BCUT2D eigenvalue weighted by molar-refractivity contribution is 5.24. The summed E-state index contributed by atoms with van der Waals surface area (Å²) in [5, 5.41) is 1.87. The van der Waals surface area contributed by atoms with Crippen molar-refractivity contribution in [1.29, 1.82) is 0 Å². The first-order valence-corrected chi connectivity index (χ1v) is 2.51. The van der Waals surface area contributed by atoms with E-state index in [1.165, 1.54) is 6.07 Å². The second-order valence-electron chi connectivity index (χ2n) is 1.69. The highest BCUT2D eigenvalue weighted by atomic mass is 19.1. The maximum Gasteiger partial charge on any atom is 0.131 e. The highest BCUT2D eigenvalue weighted by Crippen LogP contribution is 2.12. The van der Waals surface area contributed by atoms with Crippen LogP contribution >= 0.6 is 0 Å². The molecule has 0 spiro atoms. The van der Waals surface area contributed by atoms with Crippen molar-refractivity contribution in [3.63, 3.8) is 0 Å². The number of halogens is 1. The lowest BCUT2D eigenvalue weighted by Gasteiger charge is -2.00. The van der Waals surface area contributed by atoms with Gasteiger partial charge in [0.25, 0.3) is 0 Å². The first-order valence-electron chi connectivity index (χ1n) is 2.51. The lowest BCUT2D eigenvalue weighted by molar-refractivity contribution is 0.605. The van der Waals surface area contributed by atoms with Crippen LogP contribution in [0, 0.1) is 16.3 Å². The molecule has 0 atom stereocenters. The summed E-state index contributed by atoms with van der Waals surface area (Å²) in [5.41, 5.74) is 0. The minimum atomic E-state index is -0.0579. The molecule has 0 radical (unpaired) electrons. The van der Waals surface area contributed by atoms with E-state index in [4.69, 9.17) is 0 Å². The number of benzene rings is 1. The Morgan fingerprint density at radius 2 is 1.89 bits per heavy atom. The number of hydrogen-bond donors (Lipinski definition) is 2. The Bertz CT molecular complexity index is 294. The van der Waals surface area contributed by atoms with Gasteiger partial charge in [-0.05, 0) is 11.3 Å². The van der Waals surface area contributed by atoms with Crippen LogP contribution in [0.1, 0.15) is 0 Å². The standard InChI is InChI=1S/C6H3F.H4N2/c7-6-3-4-1-2-5(4)6;1-2/h1-3H;1-2H2. The third-order valence-corrected chi connectivity index (χ3v) is 1.28. The average molecular weight is 126 g/mol. The van der Waals surface area contributed by atoms with E-state index in [1.807, 2.05) is 6.07 Å². The third-order valence-electron chi connectivity index (χ3n) is 1.28. The molecule has 0 aromatic rings. The summed E-state index contributed by atoms with van der Waals surface area (Å²) in [6.45, 7) is 0. The zero-order valence-electron chi connectivity index (χ0n) is 4.76. The fourth-order valence-corrected chi connectivity index (χ4v) is 0.743. The molecular weight excluding hydrogens is 119 g/mol. The van der Waals surface area contributed by atoms with Gasteiger partial charge in [0.15, 0.2) is 0 Å². The Morgan fingerprint density at radius 3 is 1.89 bits per heavy atom. The van der Waals surface area contributed by atoms with Crippen molar-refractivity contribution in [2.45, 2.75) is 0 Å². The van der Waals surface area contributed by atoms with Gasteiger partial charge in [0.1, 0.15) is 5.82 Å². The maximum atomic E-state index is 12.0. The van der Waals surface area contributed by atoms with Gasteiger partial charge < -0.3 is 0 Å². The van der Waals surface area contributed by atoms with E-state index in [0.717, 1.165) is 10.4 Å². The first kappa shape index (κ1) is 6.19. The molecule has 9 heavy (non-hydrogen) atoms. The van der Waals surface area contributed by atoms with Crippen LogP contribution in [0.4, 0.5) is 4.39 Å². The summed E-state index contributed by atoms with van der Waals surface area (Å²) in [4.78, 5) is 0. The second-order valence-corrected chi connectivity index (χ2v) is 1.69. The molecule has 2 rings (SSSR count). The Hall–Kier alpha value is -0.930. The van der Waals surface area contributed by atoms with Crippen LogP contribution < -0.4 is 11.7 Å². The summed E-state index contributed by atoms with van der Waals surface area (Å²) in [6, 6.07) is 5.22. The van der Waals surface area contributed by atoms with Gasteiger partial charge in [-0.1, -0.05) is 12.1 Å². The first-order chi connectivity index (χ1) is 4.38. The second kappa shape index (κ2) is 2.13. The van der Waals surface area contributed by atoms with Gasteiger partial charge in [0, 0.05) is 5.22 Å². The van der Waals surface area contributed by atoms with Gasteiger partial charge in [0.2, 0.25) is 0 Å². The molecule has 0 aromatic carbocycles. The van der Waals surface area contributed by atoms with Crippen LogP contribution in [0.5, 0.6) is 0 Å². The Kier molecular flexibility index (Phi) is 1.46. The number of nitrogens with two attached hydrogens (primary N) is 2. The van der Waals surface area contributed by atoms with Crippen molar-refractivity contribution in [3.05, 3.63) is 34.5 Å². The van der Waals surface area contributed by atoms with Crippen LogP contribution in [0.2, 0.25) is 0 Å². The van der Waals surface area contributed by atoms with Crippen molar-refractivity contribution in [1.82, 2.24) is 0 Å². The predicted molar refractivity (Wildman–Crippen MR) is 32.4 cm³/mol. The zero-order valence-corrected chi connectivity index (χ0v) is 4.76. The Labute approximate surface area is 51.6 Å². The zero-order chi connectivity index (χ0) is 6.85. The third kappa shape index (κ3) is 0.704. The molecule has 0 unspecified atom stereocenters. The van der Waals surface area contributed by atoms with Crippen molar-refractivity contribution in [2.24, 2.45) is 11.7 Å². The molecule has 2 nitrogen and oxygen atoms in total. The molecule has 48 valence electrons. The van der Waals surface area contributed by atoms with Gasteiger partial charge >= 0.3 is 0 Å². The molecule has 4 N–H and O–H groups in total. The molecule has 0 aromatic heterocycles. The molecule has 0 amide bonds. The molecule has 0 saturated heterocycles. The van der Waals surface area contributed by atoms with Crippen LogP contribution in [0.25, 0.3) is 0 Å². The lowest BCUT2D eigenvalue weighted by atomic mass is 10.1. The summed E-state index contributed by atoms with van der Waals surface area (Å²) in [5.74, 6) is 7.94. The van der Waals surface area contributed by atoms with E-state index in [9.17, 15) is 4.39 Å². The van der Waals surface area contributed by atoms with E-state index in [1.54, 1.807) is 6.07 Å². The molecular formula is C6H7FN2. The van der Waals surface area contributed by atoms with E-state index < -0.39 is 0 Å². The number of rotatable bonds is 0. The fourth-order valence-electron chi connectivity index (χ4n) is 0.743. The summed E-state index contributed by atoms with van der Waals surface area (Å²) in [6.07, 6.45) is 0. The monoisotopic (exact) mass is 126 g/mol. The van der Waals surface area contributed by atoms with Crippen LogP contribution in [0.15, 0.2) is 18.2 Å². The molecule has 0 saturated carbocycles. The largest absolute Gasteiger partial charge is 0.274 e. The predicted octanol–water partition coefficient (Wildman–Crippen LogP) is 0.245. The van der Waals surface area contributed by atoms with Crippen molar-refractivity contribution in [3.8, 4) is 0 Å². The fraction of sp³-hybridized carbons (Fsp3) is 0. The molecule has 3 heteroatoms. The summed E-state index contributed by atoms with van der Waals surface area (Å²) < 4.78 is 12.0. The van der Waals surface area contributed by atoms with E-state index in [2.05, 4.69) is 11.7 Å². The molecule has 2 aliphatic rings. The smallest absolute Gasteiger partial charge is 0.131 e. The van der Waals surface area contributed by atoms with Crippen molar-refractivity contribution >= 4 is 0 Å². The molecule has 0 fully saturated rings. The molecule has 0 bridgehead atoms. The number of hydrogen-bond acceptors (Lipinski definition) is 2. The van der Waals surface area contributed by atoms with Gasteiger partial charge in [-0.25, -0.2) is 4.39 Å². The number of hydrazine groups is 1. The van der Waals surface area contributed by atoms with Gasteiger partial charge in [0.05, 0.1) is 0 Å². The van der Waals surface area contributed by atoms with E-state index >= 15 is 0 Å². The minimum Gasteiger partial charge on any atom is -0.274 e. The SMILES string of the molecule is Fc1cc2ccc1=2.NN. The quantitative estimate of drug-likeness (QED) is 0.392. The lowest BCUT2D eigenvalue weighted by Crippen LogP contribution is -2.02. The topological polar surface area (TPSA) is 52.0 Å². The molecule has 0 heterocycles. The van der Waals surface area contributed by atoms with Crippen LogP contribution in [-0.2, 0) is 0 Å². The van der Waals surface area contributed by atoms with Gasteiger partial charge in [-0.2, -0.15) is 0 Å². The van der Waals surface area contributed by atoms with Crippen LogP contribution in [-0.4, -0.2) is 0 Å². The molecule has 2 aliphatic carbocycles. The van der Waals surface area contributed by atoms with Gasteiger partial charge in [-0.3, -0.25) is 11.7 Å². The molecule has 0 aliphatic heterocycles. The van der Waals surface area contributed by atoms with Crippen LogP contribution in [0.3, 0.4) is 0 Å². The Balaban J connectivity index is 0.000000186. The van der Waals surface area contributed by atoms with Crippen molar-refractivity contribution in [2.75, 3.05) is 0 Å². The summed E-state index contributed by atoms with van der Waals surface area (Å²) in [7, 11) is 0. The maximum absolute atomic E-state index is 12.0. The minimum absolute atomic E-state index is 0.0579. The summed E-state index contributed by atoms with van der Waals surface area (Å²) >= 11 is 0. The normalized spacial score (nSPS) is 9.67. The van der Waals surface area contributed by atoms with Gasteiger partial charge in [-0.15, -0.1) is 0 Å². The van der Waals surface area contributed by atoms with E-state index in [0.29, 0.717) is 0 Å².